The highest BCUT2D eigenvalue weighted by atomic mass is 16.2. The van der Waals surface area contributed by atoms with Gasteiger partial charge >= 0.3 is 0 Å². The Kier molecular flexibility index (Phi) is 4.12. The van der Waals surface area contributed by atoms with Crippen LogP contribution in [-0.4, -0.2) is 46.5 Å². The molecule has 2 aliphatic rings. The van der Waals surface area contributed by atoms with E-state index in [1.54, 1.807) is 6.20 Å². The second-order valence-electron chi connectivity index (χ2n) is 7.53. The molecule has 0 atom stereocenters. The number of amides is 1. The molecule has 2 aromatic heterocycles. The van der Waals surface area contributed by atoms with Crippen LogP contribution in [0.1, 0.15) is 41.0 Å². The highest BCUT2D eigenvalue weighted by Gasteiger charge is 2.38. The number of hydrogen-bond donors (Lipinski definition) is 1. The number of hydrogen-bond acceptors (Lipinski definition) is 3. The van der Waals surface area contributed by atoms with Gasteiger partial charge in [-0.1, -0.05) is 6.07 Å². The molecule has 2 aliphatic heterocycles. The zero-order valence-corrected chi connectivity index (χ0v) is 15.1. The summed E-state index contributed by atoms with van der Waals surface area (Å²) in [5.41, 5.74) is 3.27. The summed E-state index contributed by atoms with van der Waals surface area (Å²) in [5.74, 6) is 1.03. The minimum absolute atomic E-state index is 0.163. The Morgan fingerprint density at radius 2 is 2.00 bits per heavy atom. The molecule has 5 heteroatoms. The maximum absolute atomic E-state index is 13.1. The highest BCUT2D eigenvalue weighted by Crippen LogP contribution is 2.37. The van der Waals surface area contributed by atoms with Gasteiger partial charge in [0.15, 0.2) is 0 Å². The van der Waals surface area contributed by atoms with Crippen molar-refractivity contribution >= 4 is 5.91 Å². The van der Waals surface area contributed by atoms with Crippen molar-refractivity contribution < 1.29 is 4.79 Å². The number of carbonyl (C=O) groups is 1. The Labute approximate surface area is 149 Å². The minimum Gasteiger partial charge on any atom is -0.339 e. The summed E-state index contributed by atoms with van der Waals surface area (Å²) in [6.07, 6.45) is 5.27. The lowest BCUT2D eigenvalue weighted by Gasteiger charge is -2.38. The minimum atomic E-state index is 0.163. The number of aryl methyl sites for hydroxylation is 1. The average molecular weight is 338 g/mol. The summed E-state index contributed by atoms with van der Waals surface area (Å²) in [6.45, 7) is 8.03. The standard InChI is InChI=1S/C20H26N4O/c1-15-13-17(16(2)24(15)18-5-3-4-9-22-18)19(25)23-11-7-20(8-12-23)6-10-21-14-20/h3-5,9,13,21H,6-8,10-12,14H2,1-2H3. The molecule has 1 spiro atoms. The third-order valence-electron chi connectivity index (χ3n) is 5.98. The smallest absolute Gasteiger partial charge is 0.255 e. The largest absolute Gasteiger partial charge is 0.339 e. The number of aromatic nitrogens is 2. The Hall–Kier alpha value is -2.14. The summed E-state index contributed by atoms with van der Waals surface area (Å²) in [6, 6.07) is 7.87. The van der Waals surface area contributed by atoms with E-state index < -0.39 is 0 Å². The highest BCUT2D eigenvalue weighted by molar-refractivity contribution is 5.96. The molecular formula is C20H26N4O. The maximum Gasteiger partial charge on any atom is 0.255 e. The van der Waals surface area contributed by atoms with Crippen LogP contribution < -0.4 is 5.32 Å². The van der Waals surface area contributed by atoms with Crippen LogP contribution in [0.2, 0.25) is 0 Å². The van der Waals surface area contributed by atoms with Gasteiger partial charge in [0.25, 0.3) is 5.91 Å². The van der Waals surface area contributed by atoms with Crippen molar-refractivity contribution in [2.45, 2.75) is 33.1 Å². The second kappa shape index (κ2) is 6.30. The quantitative estimate of drug-likeness (QED) is 0.916. The molecule has 5 nitrogen and oxygen atoms in total. The van der Waals surface area contributed by atoms with Gasteiger partial charge in [-0.15, -0.1) is 0 Å². The molecule has 4 rings (SSSR count). The van der Waals surface area contributed by atoms with E-state index >= 15 is 0 Å². The lowest BCUT2D eigenvalue weighted by Crippen LogP contribution is -2.44. The fourth-order valence-corrected chi connectivity index (χ4v) is 4.39. The molecule has 2 aromatic rings. The molecule has 0 unspecified atom stereocenters. The van der Waals surface area contributed by atoms with E-state index in [0.29, 0.717) is 5.41 Å². The summed E-state index contributed by atoms with van der Waals surface area (Å²) >= 11 is 0. The normalized spacial score (nSPS) is 19.5. The lowest BCUT2D eigenvalue weighted by atomic mass is 9.78. The van der Waals surface area contributed by atoms with Gasteiger partial charge in [-0.3, -0.25) is 4.79 Å². The van der Waals surface area contributed by atoms with E-state index in [-0.39, 0.29) is 5.91 Å². The number of rotatable bonds is 2. The predicted octanol–water partition coefficient (Wildman–Crippen LogP) is 2.70. The van der Waals surface area contributed by atoms with E-state index in [0.717, 1.165) is 61.8 Å². The molecule has 0 bridgehead atoms. The van der Waals surface area contributed by atoms with Crippen LogP contribution in [0.25, 0.3) is 5.82 Å². The monoisotopic (exact) mass is 338 g/mol. The first kappa shape index (κ1) is 16.3. The van der Waals surface area contributed by atoms with E-state index in [1.165, 1.54) is 6.42 Å². The molecule has 2 saturated heterocycles. The van der Waals surface area contributed by atoms with E-state index in [2.05, 4.69) is 14.9 Å². The summed E-state index contributed by atoms with van der Waals surface area (Å²) < 4.78 is 2.07. The van der Waals surface area contributed by atoms with Gasteiger partial charge in [-0.25, -0.2) is 4.98 Å². The molecule has 0 saturated carbocycles. The summed E-state index contributed by atoms with van der Waals surface area (Å²) in [7, 11) is 0. The van der Waals surface area contributed by atoms with Gasteiger partial charge in [0.05, 0.1) is 5.56 Å². The summed E-state index contributed by atoms with van der Waals surface area (Å²) in [4.78, 5) is 19.6. The SMILES string of the molecule is Cc1cc(C(=O)N2CCC3(CCNC3)CC2)c(C)n1-c1ccccn1. The van der Waals surface area contributed by atoms with Gasteiger partial charge in [-0.2, -0.15) is 0 Å². The Morgan fingerprint density at radius 1 is 1.20 bits per heavy atom. The Balaban J connectivity index is 1.55. The zero-order valence-electron chi connectivity index (χ0n) is 15.1. The van der Waals surface area contributed by atoms with Gasteiger partial charge in [0, 0.05) is 37.2 Å². The Morgan fingerprint density at radius 3 is 2.64 bits per heavy atom. The molecule has 1 amide bonds. The molecular weight excluding hydrogens is 312 g/mol. The molecule has 2 fully saturated rings. The van der Waals surface area contributed by atoms with Crippen LogP contribution in [0.5, 0.6) is 0 Å². The number of carbonyl (C=O) groups excluding carboxylic acids is 1. The maximum atomic E-state index is 13.1. The van der Waals surface area contributed by atoms with Crippen molar-refractivity contribution in [2.24, 2.45) is 5.41 Å². The van der Waals surface area contributed by atoms with Crippen molar-refractivity contribution in [3.63, 3.8) is 0 Å². The molecule has 132 valence electrons. The van der Waals surface area contributed by atoms with Gasteiger partial charge in [0.1, 0.15) is 5.82 Å². The van der Waals surface area contributed by atoms with Crippen molar-refractivity contribution in [3.05, 3.63) is 47.4 Å². The van der Waals surface area contributed by atoms with Crippen LogP contribution in [0, 0.1) is 19.3 Å². The number of piperidine rings is 1. The third kappa shape index (κ3) is 2.86. The fraction of sp³-hybridized carbons (Fsp3) is 0.500. The number of pyridine rings is 1. The Bertz CT molecular complexity index is 764. The number of likely N-dealkylation sites (tertiary alicyclic amines) is 1. The lowest BCUT2D eigenvalue weighted by molar-refractivity contribution is 0.0607. The van der Waals surface area contributed by atoms with E-state index in [9.17, 15) is 4.79 Å². The molecule has 25 heavy (non-hydrogen) atoms. The van der Waals surface area contributed by atoms with Crippen LogP contribution in [0.15, 0.2) is 30.5 Å². The van der Waals surface area contributed by atoms with E-state index in [1.807, 2.05) is 43.0 Å². The number of nitrogens with one attached hydrogen (secondary N) is 1. The van der Waals surface area contributed by atoms with Crippen molar-refractivity contribution in [1.29, 1.82) is 0 Å². The van der Waals surface area contributed by atoms with E-state index in [4.69, 9.17) is 0 Å². The molecule has 0 radical (unpaired) electrons. The average Bonchev–Trinajstić information content (AvgIpc) is 3.20. The van der Waals surface area contributed by atoms with Crippen LogP contribution in [0.3, 0.4) is 0 Å². The fourth-order valence-electron chi connectivity index (χ4n) is 4.39. The van der Waals surface area contributed by atoms with Gasteiger partial charge in [-0.05, 0) is 63.3 Å². The first-order valence-electron chi connectivity index (χ1n) is 9.20. The van der Waals surface area contributed by atoms with Crippen LogP contribution in [0.4, 0.5) is 0 Å². The van der Waals surface area contributed by atoms with Crippen LogP contribution in [-0.2, 0) is 0 Å². The number of nitrogens with zero attached hydrogens (tertiary/aromatic N) is 3. The van der Waals surface area contributed by atoms with Crippen molar-refractivity contribution in [2.75, 3.05) is 26.2 Å². The van der Waals surface area contributed by atoms with Crippen molar-refractivity contribution in [1.82, 2.24) is 19.8 Å². The molecule has 0 aromatic carbocycles. The first-order chi connectivity index (χ1) is 12.1. The first-order valence-corrected chi connectivity index (χ1v) is 9.20. The van der Waals surface area contributed by atoms with Gasteiger partial charge in [0.2, 0.25) is 0 Å². The zero-order chi connectivity index (χ0) is 17.4. The molecule has 0 aliphatic carbocycles. The van der Waals surface area contributed by atoms with Crippen molar-refractivity contribution in [3.8, 4) is 5.82 Å². The molecule has 4 heterocycles. The predicted molar refractivity (Wildman–Crippen MR) is 98.1 cm³/mol. The van der Waals surface area contributed by atoms with Gasteiger partial charge < -0.3 is 14.8 Å². The van der Waals surface area contributed by atoms with Crippen LogP contribution >= 0.6 is 0 Å². The topological polar surface area (TPSA) is 50.2 Å². The summed E-state index contributed by atoms with van der Waals surface area (Å²) in [5, 5.41) is 3.48. The third-order valence-corrected chi connectivity index (χ3v) is 5.98. The molecule has 1 N–H and O–H groups in total. The second-order valence-corrected chi connectivity index (χ2v) is 7.53.